The van der Waals surface area contributed by atoms with Gasteiger partial charge in [0.25, 0.3) is 0 Å². The van der Waals surface area contributed by atoms with E-state index in [-0.39, 0.29) is 0 Å². The largest absolute Gasteiger partial charge is 0.460 e. The van der Waals surface area contributed by atoms with Crippen LogP contribution in [0.5, 0.6) is 0 Å². The fourth-order valence-electron chi connectivity index (χ4n) is 7.59. The van der Waals surface area contributed by atoms with Crippen molar-refractivity contribution in [2.24, 2.45) is 0 Å². The van der Waals surface area contributed by atoms with Gasteiger partial charge in [-0.05, 0) is 95.5 Å². The van der Waals surface area contributed by atoms with Crippen LogP contribution < -0.4 is 4.90 Å². The molecule has 4 nitrogen and oxygen atoms in total. The second kappa shape index (κ2) is 12.4. The van der Waals surface area contributed by atoms with Crippen LogP contribution in [0.1, 0.15) is 28.9 Å². The van der Waals surface area contributed by atoms with Crippen LogP contribution in [0.25, 0.3) is 50.7 Å². The monoisotopic (exact) mass is 665 g/mol. The van der Waals surface area contributed by atoms with Crippen molar-refractivity contribution in [1.82, 2.24) is 9.97 Å². The molecule has 1 aliphatic heterocycles. The van der Waals surface area contributed by atoms with Crippen molar-refractivity contribution in [3.63, 3.8) is 0 Å². The van der Waals surface area contributed by atoms with Crippen molar-refractivity contribution in [1.29, 1.82) is 0 Å². The van der Waals surface area contributed by atoms with Gasteiger partial charge in [0.2, 0.25) is 0 Å². The lowest BCUT2D eigenvalue weighted by molar-refractivity contribution is 0.546. The maximum absolute atomic E-state index is 6.31. The number of nitrogens with zero attached hydrogens (tertiary/aromatic N) is 3. The Morgan fingerprint density at radius 1 is 0.654 bits per heavy atom. The van der Waals surface area contributed by atoms with Gasteiger partial charge in [-0.3, -0.25) is 9.97 Å². The quantitative estimate of drug-likeness (QED) is 0.172. The van der Waals surface area contributed by atoms with Crippen LogP contribution in [0.4, 0.5) is 5.69 Å². The summed E-state index contributed by atoms with van der Waals surface area (Å²) in [5.74, 6) is 1.06. The summed E-state index contributed by atoms with van der Waals surface area (Å²) >= 11 is 0. The highest BCUT2D eigenvalue weighted by Crippen LogP contribution is 2.43. The van der Waals surface area contributed by atoms with E-state index < -0.39 is 0 Å². The molecule has 6 aromatic rings. The normalized spacial score (nSPS) is 15.7. The molecule has 3 aliphatic carbocycles. The van der Waals surface area contributed by atoms with Crippen LogP contribution in [-0.4, -0.2) is 9.97 Å². The SMILES string of the molecule is C1=CC(c2ccccc2-c2ccccn2)=CC2=C(C=1)N(c1ccc3oc4c(c3c1)C=CCC4)C1=C=C2C=C(c2ccccc2-c2ccccn2)C=C1. The van der Waals surface area contributed by atoms with Gasteiger partial charge in [-0.2, -0.15) is 0 Å². The third-order valence-electron chi connectivity index (χ3n) is 10.0. The number of aryl methyl sites for hydroxylation is 1. The van der Waals surface area contributed by atoms with Gasteiger partial charge >= 0.3 is 0 Å². The Morgan fingerprint density at radius 3 is 2.10 bits per heavy atom. The smallest absolute Gasteiger partial charge is 0.135 e. The van der Waals surface area contributed by atoms with E-state index in [9.17, 15) is 0 Å². The summed E-state index contributed by atoms with van der Waals surface area (Å²) in [5, 5.41) is 1.12. The molecule has 4 heteroatoms. The van der Waals surface area contributed by atoms with Gasteiger partial charge in [0.15, 0.2) is 0 Å². The summed E-state index contributed by atoms with van der Waals surface area (Å²) in [6.07, 6.45) is 23.2. The molecule has 3 aromatic carbocycles. The second-order valence-electron chi connectivity index (χ2n) is 13.1. The number of furan rings is 1. The van der Waals surface area contributed by atoms with E-state index in [1.165, 1.54) is 5.56 Å². The summed E-state index contributed by atoms with van der Waals surface area (Å²) in [7, 11) is 0. The number of fused-ring (bicyclic) bond motifs is 4. The summed E-state index contributed by atoms with van der Waals surface area (Å²) in [6, 6.07) is 35.6. The molecule has 0 saturated carbocycles. The molecule has 0 amide bonds. The minimum absolute atomic E-state index is 0.910. The number of allylic oxidation sites excluding steroid dienone is 9. The van der Waals surface area contributed by atoms with Crippen molar-refractivity contribution >= 4 is 33.9 Å². The zero-order valence-electron chi connectivity index (χ0n) is 28.3. The Kier molecular flexibility index (Phi) is 7.15. The molecule has 10 rings (SSSR count). The lowest BCUT2D eigenvalue weighted by Gasteiger charge is -2.30. The van der Waals surface area contributed by atoms with Crippen LogP contribution in [-0.2, 0) is 6.42 Å². The number of anilines is 1. The Hall–Kier alpha value is -6.96. The van der Waals surface area contributed by atoms with Gasteiger partial charge in [-0.1, -0.05) is 84.6 Å². The van der Waals surface area contributed by atoms with Gasteiger partial charge in [0.1, 0.15) is 11.3 Å². The molecular formula is C48H31N3O. The maximum atomic E-state index is 6.31. The Bertz CT molecular complexity index is 2740. The van der Waals surface area contributed by atoms with Crippen LogP contribution in [0.3, 0.4) is 0 Å². The molecule has 4 heterocycles. The highest BCUT2D eigenvalue weighted by molar-refractivity contribution is 5.95. The fourth-order valence-corrected chi connectivity index (χ4v) is 7.59. The summed E-state index contributed by atoms with van der Waals surface area (Å²) < 4.78 is 6.31. The first kappa shape index (κ1) is 29.9. The zero-order valence-corrected chi connectivity index (χ0v) is 28.3. The molecule has 2 bridgehead atoms. The van der Waals surface area contributed by atoms with Crippen molar-refractivity contribution in [2.45, 2.75) is 12.8 Å². The van der Waals surface area contributed by atoms with Crippen molar-refractivity contribution in [3.8, 4) is 22.5 Å². The topological polar surface area (TPSA) is 42.2 Å². The Labute approximate surface area is 302 Å². The van der Waals surface area contributed by atoms with Crippen LogP contribution in [0, 0.1) is 0 Å². The number of pyridine rings is 2. The second-order valence-corrected chi connectivity index (χ2v) is 13.1. The number of benzene rings is 3. The number of aromatic nitrogens is 2. The standard InChI is InChI=1S/C48H31N3O/c1-3-15-39(44-18-7-9-26-49-44)37(13-1)32-12-11-20-46-42(30-32)34-28-33(38-14-2-4-16-40(38)45-19-8-10-27-50-45)22-23-35(29-34)51(46)36-24-25-48-43(31-36)41-17-5-6-21-47(41)52-48/h1-5,7-10,12-20,22-28,30-31H,6,21H2. The molecule has 0 fully saturated rings. The number of rotatable bonds is 5. The predicted molar refractivity (Wildman–Crippen MR) is 211 cm³/mol. The van der Waals surface area contributed by atoms with E-state index in [0.29, 0.717) is 0 Å². The minimum atomic E-state index is 0.910. The lowest BCUT2D eigenvalue weighted by atomic mass is 9.91. The summed E-state index contributed by atoms with van der Waals surface area (Å²) in [6.45, 7) is 0. The van der Waals surface area contributed by atoms with E-state index in [2.05, 4.69) is 144 Å². The van der Waals surface area contributed by atoms with E-state index >= 15 is 0 Å². The molecule has 0 saturated heterocycles. The lowest BCUT2D eigenvalue weighted by Crippen LogP contribution is -2.23. The van der Waals surface area contributed by atoms with Gasteiger partial charge in [0, 0.05) is 63.8 Å². The van der Waals surface area contributed by atoms with Gasteiger partial charge in [-0.25, -0.2) is 0 Å². The van der Waals surface area contributed by atoms with Gasteiger partial charge in [0.05, 0.1) is 22.8 Å². The third-order valence-corrected chi connectivity index (χ3v) is 10.0. The van der Waals surface area contributed by atoms with Crippen molar-refractivity contribution < 1.29 is 4.42 Å². The highest BCUT2D eigenvalue weighted by atomic mass is 16.3. The molecule has 244 valence electrons. The third kappa shape index (κ3) is 5.11. The molecule has 52 heavy (non-hydrogen) atoms. The zero-order chi connectivity index (χ0) is 34.4. The van der Waals surface area contributed by atoms with Gasteiger partial charge in [-0.15, -0.1) is 5.73 Å². The predicted octanol–water partition coefficient (Wildman–Crippen LogP) is 11.5. The van der Waals surface area contributed by atoms with E-state index in [1.54, 1.807) is 0 Å². The molecule has 0 N–H and O–H groups in total. The van der Waals surface area contributed by atoms with Crippen molar-refractivity contribution in [2.75, 3.05) is 4.90 Å². The van der Waals surface area contributed by atoms with Crippen LogP contribution in [0.15, 0.2) is 196 Å². The van der Waals surface area contributed by atoms with E-state index in [4.69, 9.17) is 14.4 Å². The Balaban J connectivity index is 1.18. The Morgan fingerprint density at radius 2 is 1.37 bits per heavy atom. The molecule has 3 aromatic heterocycles. The average molecular weight is 666 g/mol. The molecule has 0 spiro atoms. The average Bonchev–Trinajstić information content (AvgIpc) is 3.31. The molecule has 0 unspecified atom stereocenters. The number of hydrogen-bond acceptors (Lipinski definition) is 4. The molecule has 0 radical (unpaired) electrons. The summed E-state index contributed by atoms with van der Waals surface area (Å²) in [5.41, 5.74) is 22.9. The molecular weight excluding hydrogens is 635 g/mol. The van der Waals surface area contributed by atoms with Crippen LogP contribution >= 0.6 is 0 Å². The van der Waals surface area contributed by atoms with E-state index in [0.717, 1.165) is 103 Å². The first-order valence-corrected chi connectivity index (χ1v) is 17.6. The number of hydrogen-bond donors (Lipinski definition) is 0. The summed E-state index contributed by atoms with van der Waals surface area (Å²) in [4.78, 5) is 11.7. The van der Waals surface area contributed by atoms with E-state index in [1.807, 2.05) is 36.7 Å². The minimum Gasteiger partial charge on any atom is -0.460 e. The highest BCUT2D eigenvalue weighted by Gasteiger charge is 2.27. The first-order valence-electron chi connectivity index (χ1n) is 17.6. The first-order chi connectivity index (χ1) is 25.8. The fraction of sp³-hybridized carbons (Fsp3) is 0.0417. The van der Waals surface area contributed by atoms with Crippen molar-refractivity contribution in [3.05, 3.63) is 215 Å². The molecule has 4 aliphatic rings. The van der Waals surface area contributed by atoms with Crippen LogP contribution in [0.2, 0.25) is 0 Å². The maximum Gasteiger partial charge on any atom is 0.135 e. The van der Waals surface area contributed by atoms with Gasteiger partial charge < -0.3 is 9.32 Å². The molecule has 0 atom stereocenters.